The van der Waals surface area contributed by atoms with E-state index in [4.69, 9.17) is 21.1 Å². The van der Waals surface area contributed by atoms with E-state index < -0.39 is 0 Å². The van der Waals surface area contributed by atoms with E-state index >= 15 is 0 Å². The number of guanidine groups is 1. The van der Waals surface area contributed by atoms with Gasteiger partial charge in [0.2, 0.25) is 0 Å². The molecule has 2 atom stereocenters. The van der Waals surface area contributed by atoms with E-state index in [1.807, 2.05) is 19.2 Å². The van der Waals surface area contributed by atoms with E-state index in [0.29, 0.717) is 0 Å². The van der Waals surface area contributed by atoms with Gasteiger partial charge in [-0.3, -0.25) is 4.99 Å². The number of benzene rings is 1. The van der Waals surface area contributed by atoms with Crippen LogP contribution in [0.2, 0.25) is 5.02 Å². The summed E-state index contributed by atoms with van der Waals surface area (Å²) in [6, 6.07) is 8.26. The highest BCUT2D eigenvalue weighted by atomic mass is 35.5. The Morgan fingerprint density at radius 3 is 2.85 bits per heavy atom. The average Bonchev–Trinajstić information content (AvgIpc) is 3.25. The Morgan fingerprint density at radius 1 is 1.31 bits per heavy atom. The largest absolute Gasteiger partial charge is 0.375 e. The fourth-order valence-electron chi connectivity index (χ4n) is 4.11. The smallest absolute Gasteiger partial charge is 0.193 e. The first kappa shape index (κ1) is 18.1. The van der Waals surface area contributed by atoms with Gasteiger partial charge in [0.05, 0.1) is 12.7 Å². The van der Waals surface area contributed by atoms with Gasteiger partial charge in [0.15, 0.2) is 5.96 Å². The molecule has 2 heterocycles. The van der Waals surface area contributed by atoms with E-state index in [1.54, 1.807) is 0 Å². The molecule has 2 saturated heterocycles. The highest BCUT2D eigenvalue weighted by Crippen LogP contribution is 2.48. The van der Waals surface area contributed by atoms with Crippen molar-refractivity contribution < 1.29 is 9.47 Å². The summed E-state index contributed by atoms with van der Waals surface area (Å²) in [7, 11) is 1.86. The molecule has 0 aromatic heterocycles. The number of hydrogen-bond acceptors (Lipinski definition) is 3. The molecule has 1 aromatic carbocycles. The maximum absolute atomic E-state index is 6.19. The van der Waals surface area contributed by atoms with Gasteiger partial charge in [0.25, 0.3) is 0 Å². The first-order chi connectivity index (χ1) is 12.7. The Kier molecular flexibility index (Phi) is 5.39. The summed E-state index contributed by atoms with van der Waals surface area (Å²) in [5.74, 6) is 0.963. The van der Waals surface area contributed by atoms with Gasteiger partial charge in [-0.2, -0.15) is 0 Å². The second-order valence-corrected chi connectivity index (χ2v) is 8.03. The van der Waals surface area contributed by atoms with Gasteiger partial charge in [0, 0.05) is 43.7 Å². The van der Waals surface area contributed by atoms with E-state index in [-0.39, 0.29) is 17.6 Å². The third-order valence-corrected chi connectivity index (χ3v) is 6.09. The third-order valence-electron chi connectivity index (χ3n) is 5.86. The van der Waals surface area contributed by atoms with Crippen molar-refractivity contribution in [2.45, 2.75) is 43.3 Å². The predicted octanol–water partition coefficient (Wildman–Crippen LogP) is 2.83. The number of nitrogens with one attached hydrogen (secondary N) is 1. The first-order valence-corrected chi connectivity index (χ1v) is 10.0. The molecule has 4 rings (SSSR count). The predicted molar refractivity (Wildman–Crippen MR) is 104 cm³/mol. The minimum Gasteiger partial charge on any atom is -0.375 e. The number of ether oxygens (including phenoxy) is 2. The van der Waals surface area contributed by atoms with Crippen molar-refractivity contribution in [3.63, 3.8) is 0 Å². The zero-order valence-electron chi connectivity index (χ0n) is 15.4. The van der Waals surface area contributed by atoms with E-state index in [0.717, 1.165) is 56.7 Å². The lowest BCUT2D eigenvalue weighted by Gasteiger charge is -2.37. The van der Waals surface area contributed by atoms with Crippen LogP contribution in [0.15, 0.2) is 29.3 Å². The summed E-state index contributed by atoms with van der Waals surface area (Å²) >= 11 is 6.19. The molecule has 2 aliphatic heterocycles. The summed E-state index contributed by atoms with van der Waals surface area (Å²) in [6.07, 6.45) is 5.00. The number of halogens is 1. The standard InChI is InChI=1S/C20H28ClN3O2/c1-22-19(24-9-11-26-18(13-24)17-6-3-10-25-17)23-14-20(7-8-20)15-4-2-5-16(21)12-15/h2,4-5,12,17-18H,3,6-11,13-14H2,1H3,(H,22,23). The number of rotatable bonds is 4. The second-order valence-electron chi connectivity index (χ2n) is 7.60. The Hall–Kier alpha value is -1.30. The zero-order chi connectivity index (χ0) is 18.0. The maximum atomic E-state index is 6.19. The lowest BCUT2D eigenvalue weighted by atomic mass is 9.96. The van der Waals surface area contributed by atoms with Crippen LogP contribution in [-0.2, 0) is 14.9 Å². The Morgan fingerprint density at radius 2 is 2.15 bits per heavy atom. The van der Waals surface area contributed by atoms with Crippen LogP contribution in [0.25, 0.3) is 0 Å². The Balaban J connectivity index is 1.37. The normalized spacial score (nSPS) is 28.2. The summed E-state index contributed by atoms with van der Waals surface area (Å²) in [6.45, 7) is 4.19. The summed E-state index contributed by atoms with van der Waals surface area (Å²) in [5, 5.41) is 4.42. The van der Waals surface area contributed by atoms with Crippen LogP contribution >= 0.6 is 11.6 Å². The molecule has 1 N–H and O–H groups in total. The molecule has 3 fully saturated rings. The highest BCUT2D eigenvalue weighted by molar-refractivity contribution is 6.30. The monoisotopic (exact) mass is 377 g/mol. The number of hydrogen-bond donors (Lipinski definition) is 1. The first-order valence-electron chi connectivity index (χ1n) is 9.65. The lowest BCUT2D eigenvalue weighted by Crippen LogP contribution is -2.54. The van der Waals surface area contributed by atoms with Gasteiger partial charge in [-0.1, -0.05) is 23.7 Å². The second kappa shape index (κ2) is 7.75. The van der Waals surface area contributed by atoms with Gasteiger partial charge >= 0.3 is 0 Å². The molecule has 1 aliphatic carbocycles. The van der Waals surface area contributed by atoms with Crippen molar-refractivity contribution in [1.82, 2.24) is 10.2 Å². The lowest BCUT2D eigenvalue weighted by molar-refractivity contribution is -0.0817. The molecule has 0 spiro atoms. The highest BCUT2D eigenvalue weighted by Gasteiger charge is 2.44. The molecule has 3 aliphatic rings. The molecule has 26 heavy (non-hydrogen) atoms. The van der Waals surface area contributed by atoms with Crippen molar-refractivity contribution >= 4 is 17.6 Å². The fourth-order valence-corrected chi connectivity index (χ4v) is 4.30. The quantitative estimate of drug-likeness (QED) is 0.647. The van der Waals surface area contributed by atoms with Crippen LogP contribution in [0.3, 0.4) is 0 Å². The summed E-state index contributed by atoms with van der Waals surface area (Å²) in [5.41, 5.74) is 1.52. The molecule has 0 radical (unpaired) electrons. The summed E-state index contributed by atoms with van der Waals surface area (Å²) < 4.78 is 11.8. The van der Waals surface area contributed by atoms with Crippen LogP contribution in [0, 0.1) is 0 Å². The molecule has 5 nitrogen and oxygen atoms in total. The third kappa shape index (κ3) is 3.85. The fraction of sp³-hybridized carbons (Fsp3) is 0.650. The zero-order valence-corrected chi connectivity index (χ0v) is 16.2. The minimum atomic E-state index is 0.146. The molecular formula is C20H28ClN3O2. The maximum Gasteiger partial charge on any atom is 0.193 e. The molecule has 142 valence electrons. The van der Waals surface area contributed by atoms with Crippen LogP contribution in [0.1, 0.15) is 31.2 Å². The Labute approximate surface area is 160 Å². The molecule has 6 heteroatoms. The van der Waals surface area contributed by atoms with Gasteiger partial charge < -0.3 is 19.7 Å². The van der Waals surface area contributed by atoms with Gasteiger partial charge in [-0.05, 0) is 43.4 Å². The van der Waals surface area contributed by atoms with E-state index in [2.05, 4.69) is 27.3 Å². The summed E-state index contributed by atoms with van der Waals surface area (Å²) in [4.78, 5) is 6.83. The Bertz CT molecular complexity index is 656. The average molecular weight is 378 g/mol. The molecule has 2 unspecified atom stereocenters. The number of morpholine rings is 1. The number of aliphatic imine (C=N–C) groups is 1. The van der Waals surface area contributed by atoms with E-state index in [9.17, 15) is 0 Å². The minimum absolute atomic E-state index is 0.146. The van der Waals surface area contributed by atoms with Crippen LogP contribution in [0.5, 0.6) is 0 Å². The van der Waals surface area contributed by atoms with Crippen molar-refractivity contribution in [2.75, 3.05) is 39.9 Å². The van der Waals surface area contributed by atoms with Crippen molar-refractivity contribution in [3.8, 4) is 0 Å². The van der Waals surface area contributed by atoms with Gasteiger partial charge in [-0.25, -0.2) is 0 Å². The van der Waals surface area contributed by atoms with Gasteiger partial charge in [-0.15, -0.1) is 0 Å². The van der Waals surface area contributed by atoms with Crippen molar-refractivity contribution in [1.29, 1.82) is 0 Å². The molecule has 1 aromatic rings. The van der Waals surface area contributed by atoms with Crippen LogP contribution < -0.4 is 5.32 Å². The van der Waals surface area contributed by atoms with Crippen LogP contribution in [0.4, 0.5) is 0 Å². The molecular weight excluding hydrogens is 350 g/mol. The topological polar surface area (TPSA) is 46.1 Å². The molecule has 0 amide bonds. The number of nitrogens with zero attached hydrogens (tertiary/aromatic N) is 2. The van der Waals surface area contributed by atoms with Crippen molar-refractivity contribution in [3.05, 3.63) is 34.9 Å². The van der Waals surface area contributed by atoms with Crippen molar-refractivity contribution in [2.24, 2.45) is 4.99 Å². The molecule has 0 bridgehead atoms. The molecule has 1 saturated carbocycles. The van der Waals surface area contributed by atoms with E-state index in [1.165, 1.54) is 18.4 Å². The van der Waals surface area contributed by atoms with Gasteiger partial charge in [0.1, 0.15) is 6.10 Å². The van der Waals surface area contributed by atoms with Crippen LogP contribution in [-0.4, -0.2) is 63.0 Å². The SMILES string of the molecule is CN=C(NCC1(c2cccc(Cl)c2)CC1)N1CCOC(C2CCCO2)C1.